The number of hydrogen-bond donors (Lipinski definition) is 2. The Morgan fingerprint density at radius 3 is 2.73 bits per heavy atom. The molecule has 6 heteroatoms. The van der Waals surface area contributed by atoms with E-state index < -0.39 is 0 Å². The molecule has 1 atom stereocenters. The van der Waals surface area contributed by atoms with Crippen molar-refractivity contribution in [1.29, 1.82) is 0 Å². The smallest absolute Gasteiger partial charge is 0.234 e. The second-order valence-electron chi connectivity index (χ2n) is 5.70. The van der Waals surface area contributed by atoms with Crippen LogP contribution in [-0.2, 0) is 16.0 Å². The third-order valence-electron chi connectivity index (χ3n) is 3.92. The van der Waals surface area contributed by atoms with Gasteiger partial charge in [-0.3, -0.25) is 14.5 Å². The Labute approximate surface area is 135 Å². The molecule has 1 aliphatic heterocycles. The quantitative estimate of drug-likeness (QED) is 0.826. The van der Waals surface area contributed by atoms with Crippen LogP contribution in [0.4, 0.5) is 0 Å². The second-order valence-corrected chi connectivity index (χ2v) is 6.14. The summed E-state index contributed by atoms with van der Waals surface area (Å²) in [6, 6.07) is 7.60. The van der Waals surface area contributed by atoms with E-state index in [-0.39, 0.29) is 17.7 Å². The first-order chi connectivity index (χ1) is 10.5. The van der Waals surface area contributed by atoms with Gasteiger partial charge >= 0.3 is 0 Å². The number of hydrogen-bond acceptors (Lipinski definition) is 3. The summed E-state index contributed by atoms with van der Waals surface area (Å²) in [4.78, 5) is 25.2. The third kappa shape index (κ3) is 5.31. The molecular weight excluding hydrogens is 302 g/mol. The van der Waals surface area contributed by atoms with Crippen LogP contribution < -0.4 is 11.1 Å². The molecule has 0 radical (unpaired) electrons. The molecule has 0 aromatic heterocycles. The lowest BCUT2D eigenvalue weighted by Gasteiger charge is -2.30. The topological polar surface area (TPSA) is 75.4 Å². The van der Waals surface area contributed by atoms with Gasteiger partial charge in [-0.25, -0.2) is 0 Å². The maximum Gasteiger partial charge on any atom is 0.234 e. The number of nitrogens with one attached hydrogen (secondary N) is 1. The molecular formula is C16H22ClN3O2. The van der Waals surface area contributed by atoms with E-state index in [1.165, 1.54) is 0 Å². The number of likely N-dealkylation sites (tertiary alicyclic amines) is 1. The molecule has 0 aliphatic carbocycles. The maximum atomic E-state index is 11.9. The van der Waals surface area contributed by atoms with Crippen LogP contribution in [0.15, 0.2) is 24.3 Å². The third-order valence-corrected chi connectivity index (χ3v) is 4.18. The van der Waals surface area contributed by atoms with Crippen molar-refractivity contribution in [3.63, 3.8) is 0 Å². The van der Waals surface area contributed by atoms with Gasteiger partial charge in [0.05, 0.1) is 12.5 Å². The average molecular weight is 324 g/mol. The van der Waals surface area contributed by atoms with Crippen molar-refractivity contribution >= 4 is 23.4 Å². The monoisotopic (exact) mass is 323 g/mol. The summed E-state index contributed by atoms with van der Waals surface area (Å²) < 4.78 is 0. The van der Waals surface area contributed by atoms with Crippen LogP contribution in [0.2, 0.25) is 5.02 Å². The molecule has 1 fully saturated rings. The number of halogens is 1. The fourth-order valence-corrected chi connectivity index (χ4v) is 2.81. The highest BCUT2D eigenvalue weighted by atomic mass is 35.5. The zero-order valence-electron chi connectivity index (χ0n) is 12.6. The van der Waals surface area contributed by atoms with E-state index in [2.05, 4.69) is 5.32 Å². The summed E-state index contributed by atoms with van der Waals surface area (Å²) in [7, 11) is 0. The van der Waals surface area contributed by atoms with Crippen LogP contribution in [0.25, 0.3) is 0 Å². The van der Waals surface area contributed by atoms with Crippen LogP contribution >= 0.6 is 11.6 Å². The lowest BCUT2D eigenvalue weighted by Crippen LogP contribution is -2.45. The summed E-state index contributed by atoms with van der Waals surface area (Å²) in [6.45, 7) is 2.34. The molecule has 22 heavy (non-hydrogen) atoms. The van der Waals surface area contributed by atoms with Crippen LogP contribution in [0.5, 0.6) is 0 Å². The van der Waals surface area contributed by atoms with Gasteiger partial charge in [-0.1, -0.05) is 23.7 Å². The Morgan fingerprint density at radius 1 is 1.32 bits per heavy atom. The van der Waals surface area contributed by atoms with Crippen molar-refractivity contribution < 1.29 is 9.59 Å². The molecule has 2 rings (SSSR count). The maximum absolute atomic E-state index is 11.9. The fraction of sp³-hybridized carbons (Fsp3) is 0.500. The Balaban J connectivity index is 1.69. The highest BCUT2D eigenvalue weighted by Gasteiger charge is 2.24. The number of carbonyl (C=O) groups excluding carboxylic acids is 2. The molecule has 5 nitrogen and oxygen atoms in total. The van der Waals surface area contributed by atoms with Crippen LogP contribution in [0.3, 0.4) is 0 Å². The van der Waals surface area contributed by atoms with Crippen molar-refractivity contribution in [1.82, 2.24) is 10.2 Å². The number of benzene rings is 1. The lowest BCUT2D eigenvalue weighted by molar-refractivity contribution is -0.126. The van der Waals surface area contributed by atoms with Crippen molar-refractivity contribution in [3.05, 3.63) is 34.9 Å². The van der Waals surface area contributed by atoms with Gasteiger partial charge in [0.2, 0.25) is 11.8 Å². The van der Waals surface area contributed by atoms with Gasteiger partial charge in [-0.05, 0) is 43.5 Å². The van der Waals surface area contributed by atoms with Gasteiger partial charge in [-0.2, -0.15) is 0 Å². The Kier molecular flexibility index (Phi) is 6.21. The van der Waals surface area contributed by atoms with E-state index in [1.54, 1.807) is 0 Å². The zero-order chi connectivity index (χ0) is 15.9. The summed E-state index contributed by atoms with van der Waals surface area (Å²) in [5, 5.41) is 3.62. The molecule has 0 unspecified atom stereocenters. The first-order valence-electron chi connectivity index (χ1n) is 7.57. The molecule has 1 aromatic carbocycles. The number of piperidine rings is 1. The van der Waals surface area contributed by atoms with Crippen LogP contribution in [0, 0.1) is 5.92 Å². The Hall–Kier alpha value is -1.59. The zero-order valence-corrected chi connectivity index (χ0v) is 13.3. The Morgan fingerprint density at radius 2 is 2.05 bits per heavy atom. The molecule has 1 aromatic rings. The van der Waals surface area contributed by atoms with Gasteiger partial charge in [0.1, 0.15) is 0 Å². The minimum atomic E-state index is -0.271. The SMILES string of the molecule is NC(=O)[C@H]1CCCN(CC(=O)NCCc2ccc(Cl)cc2)C1. The van der Waals surface area contributed by atoms with Gasteiger partial charge in [0.15, 0.2) is 0 Å². The van der Waals surface area contributed by atoms with E-state index >= 15 is 0 Å². The molecule has 0 bridgehead atoms. The molecule has 2 amide bonds. The van der Waals surface area contributed by atoms with E-state index in [4.69, 9.17) is 17.3 Å². The largest absolute Gasteiger partial charge is 0.369 e. The Bertz CT molecular complexity index is 519. The molecule has 0 spiro atoms. The number of primary amides is 1. The van der Waals surface area contributed by atoms with E-state index in [0.29, 0.717) is 24.7 Å². The molecule has 1 heterocycles. The standard InChI is InChI=1S/C16H22ClN3O2/c17-14-5-3-12(4-6-14)7-8-19-15(21)11-20-9-1-2-13(10-20)16(18)22/h3-6,13H,1-2,7-11H2,(H2,18,22)(H,19,21)/t13-/m0/s1. The normalized spacial score (nSPS) is 18.9. The van der Waals surface area contributed by atoms with Crippen LogP contribution in [-0.4, -0.2) is 42.9 Å². The summed E-state index contributed by atoms with van der Waals surface area (Å²) in [5.74, 6) is -0.414. The summed E-state index contributed by atoms with van der Waals surface area (Å²) >= 11 is 5.83. The van der Waals surface area contributed by atoms with Gasteiger partial charge < -0.3 is 11.1 Å². The minimum Gasteiger partial charge on any atom is -0.369 e. The number of nitrogens with two attached hydrogens (primary N) is 1. The molecule has 3 N–H and O–H groups in total. The molecule has 1 aliphatic rings. The predicted octanol–water partition coefficient (Wildman–Crippen LogP) is 1.20. The number of rotatable bonds is 6. The van der Waals surface area contributed by atoms with E-state index in [9.17, 15) is 9.59 Å². The summed E-state index contributed by atoms with van der Waals surface area (Å²) in [5.41, 5.74) is 6.48. The number of nitrogens with zero attached hydrogens (tertiary/aromatic N) is 1. The first-order valence-corrected chi connectivity index (χ1v) is 7.95. The summed E-state index contributed by atoms with van der Waals surface area (Å²) in [6.07, 6.45) is 2.50. The van der Waals surface area contributed by atoms with E-state index in [1.807, 2.05) is 29.2 Å². The van der Waals surface area contributed by atoms with Gasteiger partial charge in [-0.15, -0.1) is 0 Å². The average Bonchev–Trinajstić information content (AvgIpc) is 2.49. The van der Waals surface area contributed by atoms with Gasteiger partial charge in [0.25, 0.3) is 0 Å². The lowest BCUT2D eigenvalue weighted by atomic mass is 9.97. The van der Waals surface area contributed by atoms with Gasteiger partial charge in [0, 0.05) is 18.1 Å². The predicted molar refractivity (Wildman–Crippen MR) is 86.5 cm³/mol. The van der Waals surface area contributed by atoms with Crippen molar-refractivity contribution in [2.75, 3.05) is 26.2 Å². The minimum absolute atomic E-state index is 0.0147. The van der Waals surface area contributed by atoms with Crippen LogP contribution in [0.1, 0.15) is 18.4 Å². The second kappa shape index (κ2) is 8.15. The first kappa shape index (κ1) is 16.8. The highest BCUT2D eigenvalue weighted by Crippen LogP contribution is 2.15. The molecule has 0 saturated carbocycles. The number of amides is 2. The highest BCUT2D eigenvalue weighted by molar-refractivity contribution is 6.30. The molecule has 1 saturated heterocycles. The van der Waals surface area contributed by atoms with Crippen molar-refractivity contribution in [2.45, 2.75) is 19.3 Å². The number of carbonyl (C=O) groups is 2. The molecule has 120 valence electrons. The van der Waals surface area contributed by atoms with Crippen molar-refractivity contribution in [3.8, 4) is 0 Å². The fourth-order valence-electron chi connectivity index (χ4n) is 2.69. The van der Waals surface area contributed by atoms with E-state index in [0.717, 1.165) is 31.4 Å². The van der Waals surface area contributed by atoms with Crippen molar-refractivity contribution in [2.24, 2.45) is 11.7 Å².